The van der Waals surface area contributed by atoms with Crippen molar-refractivity contribution >= 4 is 46.0 Å². The highest BCUT2D eigenvalue weighted by Gasteiger charge is 2.62. The van der Waals surface area contributed by atoms with Crippen LogP contribution in [0.3, 0.4) is 0 Å². The van der Waals surface area contributed by atoms with E-state index in [0.29, 0.717) is 49.7 Å². The Balaban J connectivity index is 1.16. The van der Waals surface area contributed by atoms with Crippen molar-refractivity contribution in [3.05, 3.63) is 53.4 Å². The predicted octanol–water partition coefficient (Wildman–Crippen LogP) is 3.01. The average Bonchev–Trinajstić information content (AvgIpc) is 3.88. The summed E-state index contributed by atoms with van der Waals surface area (Å²) >= 11 is 0. The molecule has 14 nitrogen and oxygen atoms in total. The Morgan fingerprint density at radius 1 is 1.06 bits per heavy atom. The molecule has 3 aliphatic carbocycles. The molecule has 1 aromatic rings. The largest absolute Gasteiger partial charge is 0.450 e. The molecule has 1 aromatic carbocycles. The first-order valence-electron chi connectivity index (χ1n) is 18.1. The van der Waals surface area contributed by atoms with Gasteiger partial charge in [0.2, 0.25) is 21.8 Å². The summed E-state index contributed by atoms with van der Waals surface area (Å²) in [4.78, 5) is 71.3. The zero-order chi connectivity index (χ0) is 36.8. The summed E-state index contributed by atoms with van der Waals surface area (Å²) < 4.78 is 53.7. The number of carbonyl (C=O) groups is 5. The quantitative estimate of drug-likeness (QED) is 0.354. The number of hydrogen-bond donors (Lipinski definition) is 3. The molecule has 7 rings (SSSR count). The topological polar surface area (TPSA) is 181 Å². The number of nitrogens with one attached hydrogen (secondary N) is 3. The average molecular weight is 742 g/mol. The molecule has 0 aromatic heterocycles. The van der Waals surface area contributed by atoms with E-state index in [2.05, 4.69) is 21.9 Å². The van der Waals surface area contributed by atoms with Crippen molar-refractivity contribution in [1.82, 2.24) is 25.2 Å². The lowest BCUT2D eigenvalue weighted by atomic mass is 9.96. The molecule has 6 aliphatic rings. The van der Waals surface area contributed by atoms with Gasteiger partial charge in [-0.15, -0.1) is 6.58 Å². The molecule has 4 fully saturated rings. The molecular weight excluding hydrogens is 697 g/mol. The molecule has 280 valence electrons. The highest BCUT2D eigenvalue weighted by molar-refractivity contribution is 7.91. The molecule has 5 atom stereocenters. The third kappa shape index (κ3) is 7.13. The Labute approximate surface area is 301 Å². The Bertz CT molecular complexity index is 1810. The Morgan fingerprint density at radius 2 is 1.81 bits per heavy atom. The normalized spacial score (nSPS) is 30.3. The van der Waals surface area contributed by atoms with E-state index in [4.69, 9.17) is 9.47 Å². The number of hydrogen-bond acceptors (Lipinski definition) is 9. The van der Waals surface area contributed by atoms with Gasteiger partial charge in [0.25, 0.3) is 5.91 Å². The molecule has 0 unspecified atom stereocenters. The van der Waals surface area contributed by atoms with Crippen LogP contribution in [0.15, 0.2) is 30.9 Å². The number of halogens is 1. The summed E-state index contributed by atoms with van der Waals surface area (Å²) in [5.74, 6) is -3.42. The van der Waals surface area contributed by atoms with Crippen molar-refractivity contribution in [3.63, 3.8) is 0 Å². The van der Waals surface area contributed by atoms with Crippen molar-refractivity contribution in [2.75, 3.05) is 13.2 Å². The second kappa shape index (κ2) is 14.2. The zero-order valence-electron chi connectivity index (χ0n) is 28.8. The molecule has 0 radical (unpaired) electrons. The minimum absolute atomic E-state index is 0.0189. The third-order valence-corrected chi connectivity index (χ3v) is 13.0. The smallest absolute Gasteiger partial charge is 0.410 e. The maximum absolute atomic E-state index is 14.9. The number of amides is 5. The number of fused-ring (bicyclic) bond motifs is 3. The number of ether oxygens (including phenoxy) is 2. The molecular formula is C36H44FN5O9S. The summed E-state index contributed by atoms with van der Waals surface area (Å²) in [5, 5.41) is 4.81. The number of carbonyl (C=O) groups excluding carboxylic acids is 5. The fourth-order valence-corrected chi connectivity index (χ4v) is 9.33. The number of benzene rings is 1. The molecule has 0 spiro atoms. The molecule has 3 heterocycles. The first-order valence-corrected chi connectivity index (χ1v) is 19.6. The van der Waals surface area contributed by atoms with Gasteiger partial charge in [0.15, 0.2) is 0 Å². The maximum atomic E-state index is 14.9. The van der Waals surface area contributed by atoms with Crippen molar-refractivity contribution in [2.24, 2.45) is 11.8 Å². The second-order valence-corrected chi connectivity index (χ2v) is 16.7. The van der Waals surface area contributed by atoms with Crippen molar-refractivity contribution in [1.29, 1.82) is 0 Å². The molecule has 1 saturated heterocycles. The van der Waals surface area contributed by atoms with E-state index in [0.717, 1.165) is 18.4 Å². The van der Waals surface area contributed by atoms with E-state index in [1.807, 2.05) is 12.2 Å². The monoisotopic (exact) mass is 741 g/mol. The van der Waals surface area contributed by atoms with Crippen LogP contribution in [0.1, 0.15) is 80.9 Å². The molecule has 5 amide bonds. The minimum atomic E-state index is -3.92. The van der Waals surface area contributed by atoms with Crippen molar-refractivity contribution < 1.29 is 46.3 Å². The molecule has 4 bridgehead atoms. The number of rotatable bonds is 7. The van der Waals surface area contributed by atoms with Gasteiger partial charge in [-0.2, -0.15) is 0 Å². The number of sulfonamides is 1. The van der Waals surface area contributed by atoms with Crippen molar-refractivity contribution in [3.8, 4) is 0 Å². The Hall–Kier alpha value is -4.47. The summed E-state index contributed by atoms with van der Waals surface area (Å²) in [6, 6.07) is 0.725. The zero-order valence-corrected chi connectivity index (χ0v) is 29.6. The van der Waals surface area contributed by atoms with Crippen LogP contribution in [0.25, 0.3) is 6.08 Å². The third-order valence-electron chi connectivity index (χ3n) is 11.2. The Morgan fingerprint density at radius 3 is 2.52 bits per heavy atom. The van der Waals surface area contributed by atoms with Crippen LogP contribution in [-0.2, 0) is 47.0 Å². The number of alkyl carbamates (subject to hydrolysis) is 1. The first kappa shape index (κ1) is 35.9. The van der Waals surface area contributed by atoms with Crippen LogP contribution < -0.4 is 15.4 Å². The maximum Gasteiger partial charge on any atom is 0.410 e. The molecule has 16 heteroatoms. The lowest BCUT2D eigenvalue weighted by Gasteiger charge is -2.32. The van der Waals surface area contributed by atoms with Crippen LogP contribution in [-0.4, -0.2) is 90.3 Å². The van der Waals surface area contributed by atoms with Crippen LogP contribution in [0.2, 0.25) is 0 Å². The van der Waals surface area contributed by atoms with Crippen LogP contribution in [0.4, 0.5) is 14.0 Å². The van der Waals surface area contributed by atoms with Crippen LogP contribution >= 0.6 is 0 Å². The lowest BCUT2D eigenvalue weighted by Crippen LogP contribution is -2.59. The van der Waals surface area contributed by atoms with Crippen LogP contribution in [0, 0.1) is 17.7 Å². The van der Waals surface area contributed by atoms with Crippen LogP contribution in [0.5, 0.6) is 0 Å². The highest BCUT2D eigenvalue weighted by atomic mass is 32.2. The predicted molar refractivity (Wildman–Crippen MR) is 184 cm³/mol. The minimum Gasteiger partial charge on any atom is -0.450 e. The van der Waals surface area contributed by atoms with Gasteiger partial charge >= 0.3 is 12.2 Å². The second-order valence-electron chi connectivity index (χ2n) is 14.7. The first-order chi connectivity index (χ1) is 24.9. The number of allylic oxidation sites excluding steroid dienone is 1. The van der Waals surface area contributed by atoms with Gasteiger partial charge in [-0.3, -0.25) is 24.0 Å². The number of cyclic esters (lactones) is 1. The van der Waals surface area contributed by atoms with Gasteiger partial charge in [0.1, 0.15) is 29.5 Å². The molecule has 3 N–H and O–H groups in total. The fraction of sp³-hybridized carbons (Fsp3) is 0.583. The van der Waals surface area contributed by atoms with E-state index in [9.17, 15) is 36.8 Å². The van der Waals surface area contributed by atoms with E-state index in [1.165, 1.54) is 21.9 Å². The fourth-order valence-electron chi connectivity index (χ4n) is 7.97. The lowest BCUT2D eigenvalue weighted by molar-refractivity contribution is -0.142. The summed E-state index contributed by atoms with van der Waals surface area (Å²) in [6.07, 6.45) is 7.66. The van der Waals surface area contributed by atoms with E-state index in [-0.39, 0.29) is 45.0 Å². The van der Waals surface area contributed by atoms with E-state index >= 15 is 0 Å². The van der Waals surface area contributed by atoms with E-state index < -0.39 is 80.6 Å². The molecule has 52 heavy (non-hydrogen) atoms. The van der Waals surface area contributed by atoms with Gasteiger partial charge in [-0.05, 0) is 68.1 Å². The van der Waals surface area contributed by atoms with E-state index in [1.54, 1.807) is 6.07 Å². The summed E-state index contributed by atoms with van der Waals surface area (Å²) in [6.45, 7) is 3.71. The van der Waals surface area contributed by atoms with Gasteiger partial charge in [0.05, 0.1) is 31.5 Å². The number of nitrogens with zero attached hydrogens (tertiary/aromatic N) is 2. The summed E-state index contributed by atoms with van der Waals surface area (Å²) in [7, 11) is -3.92. The Kier molecular flexibility index (Phi) is 9.78. The van der Waals surface area contributed by atoms with Crippen molar-refractivity contribution in [2.45, 2.75) is 106 Å². The SMILES string of the molecule is C=C[C@H]1C[C@]1(NC(=O)[C@@H]1C[C@@H]2CN1C(=O)[C@H](C1CCCC1)NC(=O)OCCC/C=C/c1ccc(F)c3c1CN(C3)C(=O)O2)C(=O)NS(=O)(=O)C1CC1. The highest BCUT2D eigenvalue weighted by Crippen LogP contribution is 2.45. The van der Waals surface area contributed by atoms with Gasteiger partial charge in [0, 0.05) is 17.9 Å². The molecule has 3 saturated carbocycles. The standard InChI is InChI=1S/C36H44FN5O9S/c1-2-23-17-36(23,33(45)40-52(48,49)25-12-13-25)39-31(43)29-16-24-18-42(29)32(44)30(22-9-5-6-10-22)38-34(46)50-15-7-3-4-8-21-11-14-28(37)27-20-41(19-26(21)27)35(47)51-24/h2,4,8,11,14,22-25,29-30H,1,3,5-7,9-10,12-13,15-20H2,(H,38,46)(H,39,43)(H,40,45)/b8-4+/t23-,24+,29-,30-,36+/m0/s1. The van der Waals surface area contributed by atoms with Gasteiger partial charge < -0.3 is 25.0 Å². The van der Waals surface area contributed by atoms with Gasteiger partial charge in [-0.25, -0.2) is 22.4 Å². The van der Waals surface area contributed by atoms with Gasteiger partial charge in [-0.1, -0.05) is 37.1 Å². The molecule has 3 aliphatic heterocycles. The summed E-state index contributed by atoms with van der Waals surface area (Å²) in [5.41, 5.74) is 0.176.